The second-order valence-electron chi connectivity index (χ2n) is 21.2. The minimum atomic E-state index is -0.700. The average Bonchev–Trinajstić information content (AvgIpc) is 3.66. The molecule has 2 aromatic carbocycles. The van der Waals surface area contributed by atoms with Gasteiger partial charge >= 0.3 is 0 Å². The van der Waals surface area contributed by atoms with E-state index in [9.17, 15) is 28.8 Å². The van der Waals surface area contributed by atoms with Crippen LogP contribution in [-0.2, 0) is 38.2 Å². The molecule has 0 aromatic heterocycles. The van der Waals surface area contributed by atoms with Gasteiger partial charge in [0.2, 0.25) is 29.5 Å². The van der Waals surface area contributed by atoms with Crippen LogP contribution < -0.4 is 21.3 Å². The van der Waals surface area contributed by atoms with Crippen LogP contribution in [0.2, 0.25) is 0 Å². The summed E-state index contributed by atoms with van der Waals surface area (Å²) in [5.41, 5.74) is 1.04. The molecule has 4 N–H and O–H groups in total. The van der Waals surface area contributed by atoms with Crippen LogP contribution in [0.25, 0.3) is 0 Å². The topological polar surface area (TPSA) is 175 Å². The Bertz CT molecular complexity index is 1970. The lowest BCUT2D eigenvalue weighted by molar-refractivity contribution is -0.144. The molecule has 5 amide bonds. The maximum Gasteiger partial charge on any atom is 0.246 e. The van der Waals surface area contributed by atoms with Crippen molar-refractivity contribution in [3.05, 3.63) is 71.8 Å². The quantitative estimate of drug-likeness (QED) is 0.0748. The van der Waals surface area contributed by atoms with Crippen molar-refractivity contribution in [2.75, 3.05) is 45.0 Å². The Morgan fingerprint density at radius 1 is 0.625 bits per heavy atom. The number of carbonyl (C=O) groups excluding carboxylic acids is 6. The summed E-state index contributed by atoms with van der Waals surface area (Å²) in [4.78, 5) is 86.4. The number of amides is 5. The van der Waals surface area contributed by atoms with E-state index in [4.69, 9.17) is 9.47 Å². The second kappa shape index (κ2) is 42.4. The number of thioether (sulfide) groups is 2. The summed E-state index contributed by atoms with van der Waals surface area (Å²) in [5, 5.41) is 11.9. The van der Waals surface area contributed by atoms with Crippen molar-refractivity contribution in [3.63, 3.8) is 0 Å². The number of likely N-dealkylation sites (N-methyl/N-ethyl adjacent to an activating group) is 1. The molecule has 4 saturated heterocycles. The number of nitrogens with one attached hydrogen (secondary N) is 4. The molecule has 14 nitrogen and oxygen atoms in total. The van der Waals surface area contributed by atoms with E-state index in [2.05, 4.69) is 35.1 Å². The van der Waals surface area contributed by atoms with E-state index in [1.165, 1.54) is 0 Å². The largest absolute Gasteiger partial charge is 0.381 e. The lowest BCUT2D eigenvalue weighted by atomic mass is 9.79. The number of carbonyl (C=O) groups is 6. The molecule has 4 fully saturated rings. The molecule has 80 heavy (non-hydrogen) atoms. The maximum atomic E-state index is 14.5. The van der Waals surface area contributed by atoms with Crippen molar-refractivity contribution in [1.29, 1.82) is 0 Å². The van der Waals surface area contributed by atoms with Crippen LogP contribution in [-0.4, -0.2) is 131 Å². The maximum absolute atomic E-state index is 14.5. The monoisotopic (exact) mass is 1340 g/mol. The predicted molar refractivity (Wildman–Crippen MR) is 382 cm³/mol. The third kappa shape index (κ3) is 23.7. The van der Waals surface area contributed by atoms with Crippen LogP contribution in [0.5, 0.6) is 0 Å². The normalized spacial score (nSPS) is 22.4. The van der Waals surface area contributed by atoms with Gasteiger partial charge in [0.05, 0.1) is 42.1 Å². The highest BCUT2D eigenvalue weighted by molar-refractivity contribution is 8.00. The van der Waals surface area contributed by atoms with Crippen molar-refractivity contribution in [2.24, 2.45) is 16.7 Å². The number of unbranched alkanes of at least 4 members (excludes halogenated alkanes) is 3. The molecule has 4 aliphatic heterocycles. The number of Topliss-reactive ketones (excluding diaryl/α,β-unsaturated/α-hetero) is 1. The van der Waals surface area contributed by atoms with Crippen molar-refractivity contribution < 1.29 is 38.2 Å². The Morgan fingerprint density at radius 3 is 1.54 bits per heavy atom. The van der Waals surface area contributed by atoms with Crippen LogP contribution in [0.3, 0.4) is 0 Å². The minimum Gasteiger partial charge on any atom is -0.381 e. The smallest absolute Gasteiger partial charge is 0.246 e. The third-order valence-corrected chi connectivity index (χ3v) is 17.3. The fraction of sp³-hybridized carbons (Fsp3) is 0.667. The zero-order chi connectivity index (χ0) is 50.6. The Hall–Kier alpha value is -0.460. The van der Waals surface area contributed by atoms with Gasteiger partial charge < -0.3 is 40.5 Å². The zero-order valence-corrected chi connectivity index (χ0v) is 59.5. The fourth-order valence-corrected chi connectivity index (χ4v) is 13.6. The summed E-state index contributed by atoms with van der Waals surface area (Å²) in [6.07, 6.45) is 6.92. The molecule has 2 aromatic rings. The molecule has 4 heterocycles. The van der Waals surface area contributed by atoms with E-state index in [0.29, 0.717) is 51.9 Å². The molecule has 0 spiro atoms. The number of hydrogen-bond donors (Lipinski definition) is 4. The number of benzene rings is 2. The molecular formula is C54H100N6O8S12. The molecule has 466 valence electrons. The van der Waals surface area contributed by atoms with Gasteiger partial charge in [-0.25, -0.2) is 0 Å². The first kappa shape index (κ1) is 88.3. The number of rotatable bonds is 24. The van der Waals surface area contributed by atoms with E-state index in [0.717, 1.165) is 48.3 Å². The van der Waals surface area contributed by atoms with Gasteiger partial charge in [-0.1, -0.05) is 115 Å². The molecule has 4 aliphatic rings. The van der Waals surface area contributed by atoms with Gasteiger partial charge in [-0.3, -0.25) is 28.8 Å². The summed E-state index contributed by atoms with van der Waals surface area (Å²) >= 11 is 3.39. The van der Waals surface area contributed by atoms with Crippen molar-refractivity contribution in [1.82, 2.24) is 31.1 Å². The summed E-state index contributed by atoms with van der Waals surface area (Å²) in [5.74, 6) is 0.131. The summed E-state index contributed by atoms with van der Waals surface area (Å²) in [6.45, 7) is 15.6. The Morgan fingerprint density at radius 2 is 1.06 bits per heavy atom. The third-order valence-electron chi connectivity index (χ3n) is 14.8. The van der Waals surface area contributed by atoms with E-state index >= 15 is 0 Å². The van der Waals surface area contributed by atoms with Gasteiger partial charge in [-0.05, 0) is 92.4 Å². The Balaban J connectivity index is -0.00000187. The first-order valence-electron chi connectivity index (χ1n) is 25.7. The van der Waals surface area contributed by atoms with Crippen LogP contribution in [0.1, 0.15) is 136 Å². The molecule has 0 bridgehead atoms. The highest BCUT2D eigenvalue weighted by Gasteiger charge is 2.56. The molecule has 6 rings (SSSR count). The first-order valence-corrected chi connectivity index (χ1v) is 27.8. The number of ketones is 1. The van der Waals surface area contributed by atoms with Crippen LogP contribution in [0.15, 0.2) is 60.7 Å². The van der Waals surface area contributed by atoms with Gasteiger partial charge in [-0.2, -0.15) is 135 Å². The highest BCUT2D eigenvalue weighted by Crippen LogP contribution is 2.48. The first-order chi connectivity index (χ1) is 33.5. The van der Waals surface area contributed by atoms with E-state index in [1.807, 2.05) is 88.4 Å². The minimum absolute atomic E-state index is 0. The van der Waals surface area contributed by atoms with Gasteiger partial charge in [0, 0.05) is 31.5 Å². The van der Waals surface area contributed by atoms with Crippen molar-refractivity contribution in [2.45, 2.75) is 166 Å². The zero-order valence-electron chi connectivity index (χ0n) is 47.8. The molecule has 0 aliphatic carbocycles. The van der Waals surface area contributed by atoms with Gasteiger partial charge in [0.1, 0.15) is 18.1 Å². The summed E-state index contributed by atoms with van der Waals surface area (Å²) in [6, 6.07) is 16.3. The van der Waals surface area contributed by atoms with Gasteiger partial charge in [0.15, 0.2) is 5.78 Å². The average molecular weight is 1350 g/mol. The molecule has 0 radical (unpaired) electrons. The van der Waals surface area contributed by atoms with E-state index in [-0.39, 0.29) is 206 Å². The van der Waals surface area contributed by atoms with Gasteiger partial charge in [0.25, 0.3) is 0 Å². The van der Waals surface area contributed by atoms with E-state index < -0.39 is 47.1 Å². The molecule has 26 heteroatoms. The van der Waals surface area contributed by atoms with Crippen LogP contribution in [0.4, 0.5) is 0 Å². The number of fused-ring (bicyclic) bond motifs is 2. The number of ether oxygens (including phenoxy) is 2. The lowest BCUT2D eigenvalue weighted by Crippen LogP contribution is -2.57. The van der Waals surface area contributed by atoms with Crippen LogP contribution >= 0.6 is 158 Å². The van der Waals surface area contributed by atoms with E-state index in [1.54, 1.807) is 47.3 Å². The second-order valence-corrected chi connectivity index (χ2v) is 23.7. The van der Waals surface area contributed by atoms with Crippen LogP contribution in [0, 0.1) is 16.7 Å². The number of hydrogen-bond acceptors (Lipinski definition) is 11. The molecule has 0 unspecified atom stereocenters. The molecule has 0 saturated carbocycles. The number of nitrogens with zero attached hydrogens (tertiary/aromatic N) is 2. The standard InChI is InChI=1S/C54H80N6O8S2.10H2S/c1-9-35(2)48(62)56-40-24-28-70-45-32-54(6,7)47(60(45)52(40)66)50(64)58-42(38-22-16-13-17-23-38)34-68-27-19-11-10-18-26-67-33-39(37-20-14-12-15-21-37)30-43(61)46-53(4,5)31-44-59(46)51(65)41(25-29-69-44)57-49(63)36(3)55-8;;;;;;;;;;/h12-17,20-23,35-36,39-42,44-47,55H,9-11,18-19,24-34H2,1-8H3,(H,56,62)(H,57,63)(H,58,64);10*1H2/t35-,36+,39-,40+,41+,42-,44+,45+,46-,47-;;;;;;;;;;/m1........../s1. The highest BCUT2D eigenvalue weighted by atomic mass is 32.2. The fourth-order valence-electron chi connectivity index (χ4n) is 10.4. The summed E-state index contributed by atoms with van der Waals surface area (Å²) in [7, 11) is 1.71. The Kier molecular flexibility index (Phi) is 46.8. The lowest BCUT2D eigenvalue weighted by Gasteiger charge is -2.35. The molecule has 10 atom stereocenters. The van der Waals surface area contributed by atoms with Gasteiger partial charge in [-0.15, -0.1) is 23.5 Å². The van der Waals surface area contributed by atoms with Crippen molar-refractivity contribution in [3.8, 4) is 0 Å². The molecular weight excluding hydrogens is 1250 g/mol. The SMILES string of the molecule is CC[C@@H](C)C(=O)N[C@H]1CCS[C@H]2CC(C)(C)[C@@H](C(=O)N[C@H](COCCCCCCOC[C@@H](CC(=O)[C@H]3N4C(=O)[C@@H](NC(=O)[C@H](C)NC)CCS[C@H]4CC3(C)C)c3ccccc3)c3ccccc3)N2C1=O.S.S.S.S.S.S.S.S.S.S. The Labute approximate surface area is 557 Å². The predicted octanol–water partition coefficient (Wildman–Crippen LogP) is 8.11. The summed E-state index contributed by atoms with van der Waals surface area (Å²) < 4.78 is 12.5. The van der Waals surface area contributed by atoms with Crippen molar-refractivity contribution >= 4 is 194 Å².